The van der Waals surface area contributed by atoms with E-state index in [-0.39, 0.29) is 17.7 Å². The van der Waals surface area contributed by atoms with Crippen molar-refractivity contribution in [3.63, 3.8) is 0 Å². The van der Waals surface area contributed by atoms with E-state index in [2.05, 4.69) is 4.98 Å². The highest BCUT2D eigenvalue weighted by molar-refractivity contribution is 5.21. The first-order valence-corrected chi connectivity index (χ1v) is 5.29. The zero-order valence-corrected chi connectivity index (χ0v) is 9.28. The lowest BCUT2D eigenvalue weighted by Gasteiger charge is -2.11. The van der Waals surface area contributed by atoms with Gasteiger partial charge in [-0.2, -0.15) is 0 Å². The Morgan fingerprint density at radius 1 is 1.11 bits per heavy atom. The molecule has 1 aromatic heterocycles. The fraction of sp³-hybridized carbons (Fsp3) is 0.154. The number of aliphatic hydroxyl groups excluding tert-OH is 1. The fourth-order valence-electron chi connectivity index (χ4n) is 1.69. The van der Waals surface area contributed by atoms with E-state index in [9.17, 15) is 18.3 Å². The van der Waals surface area contributed by atoms with Gasteiger partial charge in [0.2, 0.25) is 0 Å². The predicted molar refractivity (Wildman–Crippen MR) is 59.2 cm³/mol. The normalized spacial score (nSPS) is 12.4. The SMILES string of the molecule is OC(Cc1cc(F)cc(F)c1)c1ncccc1F. The molecule has 0 spiro atoms. The monoisotopic (exact) mass is 253 g/mol. The van der Waals surface area contributed by atoms with Crippen molar-refractivity contribution in [3.8, 4) is 0 Å². The van der Waals surface area contributed by atoms with Crippen molar-refractivity contribution in [2.24, 2.45) is 0 Å². The number of halogens is 3. The topological polar surface area (TPSA) is 33.1 Å². The Balaban J connectivity index is 2.21. The van der Waals surface area contributed by atoms with Crippen LogP contribution in [0.4, 0.5) is 13.2 Å². The third-order valence-electron chi connectivity index (χ3n) is 2.45. The lowest BCUT2D eigenvalue weighted by molar-refractivity contribution is 0.168. The Bertz CT molecular complexity index is 539. The molecule has 2 rings (SSSR count). The van der Waals surface area contributed by atoms with Gasteiger partial charge in [-0.15, -0.1) is 0 Å². The van der Waals surface area contributed by atoms with Crippen molar-refractivity contribution in [3.05, 3.63) is 65.2 Å². The summed E-state index contributed by atoms with van der Waals surface area (Å²) in [5, 5.41) is 9.79. The zero-order chi connectivity index (χ0) is 13.1. The summed E-state index contributed by atoms with van der Waals surface area (Å²) in [7, 11) is 0. The van der Waals surface area contributed by atoms with Gasteiger partial charge in [-0.1, -0.05) is 0 Å². The summed E-state index contributed by atoms with van der Waals surface area (Å²) >= 11 is 0. The van der Waals surface area contributed by atoms with Crippen LogP contribution in [0, 0.1) is 17.5 Å². The van der Waals surface area contributed by atoms with Crippen LogP contribution in [-0.2, 0) is 6.42 Å². The van der Waals surface area contributed by atoms with Gasteiger partial charge in [-0.05, 0) is 29.8 Å². The van der Waals surface area contributed by atoms with E-state index in [1.807, 2.05) is 0 Å². The predicted octanol–water partition coefficient (Wildman–Crippen LogP) is 2.78. The van der Waals surface area contributed by atoms with Crippen molar-refractivity contribution < 1.29 is 18.3 Å². The smallest absolute Gasteiger partial charge is 0.147 e. The van der Waals surface area contributed by atoms with E-state index in [4.69, 9.17) is 0 Å². The van der Waals surface area contributed by atoms with E-state index in [0.717, 1.165) is 24.3 Å². The third-order valence-corrected chi connectivity index (χ3v) is 2.45. The first-order chi connectivity index (χ1) is 8.56. The first-order valence-electron chi connectivity index (χ1n) is 5.29. The molecule has 0 fully saturated rings. The summed E-state index contributed by atoms with van der Waals surface area (Å²) in [6, 6.07) is 5.47. The largest absolute Gasteiger partial charge is 0.386 e. The number of rotatable bonds is 3. The van der Waals surface area contributed by atoms with E-state index >= 15 is 0 Å². The van der Waals surface area contributed by atoms with Gasteiger partial charge >= 0.3 is 0 Å². The zero-order valence-electron chi connectivity index (χ0n) is 9.28. The van der Waals surface area contributed by atoms with Crippen LogP contribution in [0.1, 0.15) is 17.4 Å². The van der Waals surface area contributed by atoms with Crippen LogP contribution in [0.2, 0.25) is 0 Å². The number of hydrogen-bond donors (Lipinski definition) is 1. The molecule has 1 atom stereocenters. The molecule has 18 heavy (non-hydrogen) atoms. The van der Waals surface area contributed by atoms with Crippen molar-refractivity contribution in [2.45, 2.75) is 12.5 Å². The highest BCUT2D eigenvalue weighted by Crippen LogP contribution is 2.20. The second kappa shape index (κ2) is 5.18. The van der Waals surface area contributed by atoms with Gasteiger partial charge in [-0.25, -0.2) is 13.2 Å². The maximum Gasteiger partial charge on any atom is 0.147 e. The van der Waals surface area contributed by atoms with Gasteiger partial charge in [0.15, 0.2) is 0 Å². The average molecular weight is 253 g/mol. The van der Waals surface area contributed by atoms with Gasteiger partial charge in [0.1, 0.15) is 29.2 Å². The number of aliphatic hydroxyl groups is 1. The highest BCUT2D eigenvalue weighted by atomic mass is 19.1. The molecule has 1 N–H and O–H groups in total. The molecule has 0 bridgehead atoms. The molecule has 0 radical (unpaired) electrons. The van der Waals surface area contributed by atoms with Gasteiger partial charge in [-0.3, -0.25) is 4.98 Å². The van der Waals surface area contributed by atoms with Crippen molar-refractivity contribution in [1.82, 2.24) is 4.98 Å². The van der Waals surface area contributed by atoms with Gasteiger partial charge in [0, 0.05) is 18.7 Å². The minimum absolute atomic E-state index is 0.109. The number of benzene rings is 1. The van der Waals surface area contributed by atoms with Crippen LogP contribution in [0.3, 0.4) is 0 Å². The molecule has 0 aliphatic heterocycles. The highest BCUT2D eigenvalue weighted by Gasteiger charge is 2.15. The van der Waals surface area contributed by atoms with Crippen LogP contribution in [0.5, 0.6) is 0 Å². The quantitative estimate of drug-likeness (QED) is 0.912. The second-order valence-corrected chi connectivity index (χ2v) is 3.87. The van der Waals surface area contributed by atoms with E-state index in [1.54, 1.807) is 0 Å². The molecule has 2 aromatic rings. The molecule has 0 aliphatic rings. The summed E-state index contributed by atoms with van der Waals surface area (Å²) in [4.78, 5) is 3.71. The standard InChI is InChI=1S/C13H10F3NO/c14-9-4-8(5-10(15)7-9)6-12(18)13-11(16)2-1-3-17-13/h1-5,7,12,18H,6H2. The van der Waals surface area contributed by atoms with Crippen LogP contribution in [0.15, 0.2) is 36.5 Å². The molecule has 0 saturated heterocycles. The molecular formula is C13H10F3NO. The van der Waals surface area contributed by atoms with Crippen molar-refractivity contribution >= 4 is 0 Å². The molecule has 1 aromatic carbocycles. The first kappa shape index (κ1) is 12.6. The Morgan fingerprint density at radius 3 is 2.39 bits per heavy atom. The van der Waals surface area contributed by atoms with Crippen LogP contribution < -0.4 is 0 Å². The van der Waals surface area contributed by atoms with E-state index in [1.165, 1.54) is 12.3 Å². The number of nitrogens with zero attached hydrogens (tertiary/aromatic N) is 1. The van der Waals surface area contributed by atoms with Crippen LogP contribution >= 0.6 is 0 Å². The maximum atomic E-state index is 13.3. The maximum absolute atomic E-state index is 13.3. The Morgan fingerprint density at radius 2 is 1.78 bits per heavy atom. The lowest BCUT2D eigenvalue weighted by Crippen LogP contribution is -2.07. The van der Waals surface area contributed by atoms with E-state index < -0.39 is 23.6 Å². The van der Waals surface area contributed by atoms with Gasteiger partial charge in [0.25, 0.3) is 0 Å². The van der Waals surface area contributed by atoms with Gasteiger partial charge < -0.3 is 5.11 Å². The minimum atomic E-state index is -1.24. The number of pyridine rings is 1. The average Bonchev–Trinajstić information content (AvgIpc) is 2.27. The molecule has 0 saturated carbocycles. The Hall–Kier alpha value is -1.88. The summed E-state index contributed by atoms with van der Waals surface area (Å²) in [5.74, 6) is -2.13. The molecular weight excluding hydrogens is 243 g/mol. The number of aromatic nitrogens is 1. The van der Waals surface area contributed by atoms with Gasteiger partial charge in [0.05, 0.1) is 0 Å². The summed E-state index contributed by atoms with van der Waals surface area (Å²) in [5.41, 5.74) is 0.104. The van der Waals surface area contributed by atoms with E-state index in [0.29, 0.717) is 0 Å². The molecule has 0 amide bonds. The van der Waals surface area contributed by atoms with Crippen LogP contribution in [0.25, 0.3) is 0 Å². The lowest BCUT2D eigenvalue weighted by atomic mass is 10.0. The van der Waals surface area contributed by atoms with Crippen LogP contribution in [-0.4, -0.2) is 10.1 Å². The molecule has 94 valence electrons. The molecule has 1 unspecified atom stereocenters. The molecule has 1 heterocycles. The molecule has 2 nitrogen and oxygen atoms in total. The number of hydrogen-bond acceptors (Lipinski definition) is 2. The summed E-state index contributed by atoms with van der Waals surface area (Å²) < 4.78 is 39.2. The van der Waals surface area contributed by atoms with Crippen molar-refractivity contribution in [1.29, 1.82) is 0 Å². The third kappa shape index (κ3) is 2.87. The molecule has 0 aliphatic carbocycles. The second-order valence-electron chi connectivity index (χ2n) is 3.87. The summed E-state index contributed by atoms with van der Waals surface area (Å²) in [6.07, 6.45) is -0.0106. The summed E-state index contributed by atoms with van der Waals surface area (Å²) in [6.45, 7) is 0. The molecule has 5 heteroatoms. The Kier molecular flexibility index (Phi) is 3.62. The van der Waals surface area contributed by atoms with Crippen molar-refractivity contribution in [2.75, 3.05) is 0 Å². The Labute approximate surface area is 102 Å². The fourth-order valence-corrected chi connectivity index (χ4v) is 1.69. The minimum Gasteiger partial charge on any atom is -0.386 e.